The molecular weight excluding hydrogens is 637 g/mol. The Hall–Kier alpha value is -7.04. The molecule has 52 heavy (non-hydrogen) atoms. The van der Waals surface area contributed by atoms with Crippen molar-refractivity contribution in [3.8, 4) is 22.5 Å². The van der Waals surface area contributed by atoms with Gasteiger partial charge >= 0.3 is 0 Å². The number of nitrogens with zero attached hydrogens (tertiary/aromatic N) is 2. The standard InChI is InChI=1S/C48H28N2O2/c1-5-17-36-31(12-1)32-27-26-29(28-41(32)50(36)40-21-11-25-45-48(40)35-15-4-8-23-43(35)52-45)30-16-9-19-38-46(30)33-13-2-6-18-37(33)49(38)39-20-10-24-44-47(39)34-14-3-7-22-42(34)51-44/h1-28H. The molecular formula is C48H28N2O2. The van der Waals surface area contributed by atoms with E-state index < -0.39 is 0 Å². The monoisotopic (exact) mass is 664 g/mol. The van der Waals surface area contributed by atoms with Gasteiger partial charge in [0, 0.05) is 32.3 Å². The molecule has 0 radical (unpaired) electrons. The minimum atomic E-state index is 0.888. The Morgan fingerprint density at radius 3 is 1.46 bits per heavy atom. The second-order valence-corrected chi connectivity index (χ2v) is 13.6. The minimum Gasteiger partial charge on any atom is -0.456 e. The molecule has 0 aliphatic rings. The third-order valence-electron chi connectivity index (χ3n) is 10.9. The molecule has 0 saturated carbocycles. The third-order valence-corrected chi connectivity index (χ3v) is 10.9. The van der Waals surface area contributed by atoms with Crippen LogP contribution >= 0.6 is 0 Å². The van der Waals surface area contributed by atoms with Crippen LogP contribution in [0.25, 0.3) is 110 Å². The Morgan fingerprint density at radius 2 is 0.788 bits per heavy atom. The van der Waals surface area contributed by atoms with Crippen molar-refractivity contribution in [2.45, 2.75) is 0 Å². The fourth-order valence-corrected chi connectivity index (χ4v) is 8.80. The highest BCUT2D eigenvalue weighted by Crippen LogP contribution is 2.44. The number of furan rings is 2. The lowest BCUT2D eigenvalue weighted by Gasteiger charge is -2.12. The van der Waals surface area contributed by atoms with Crippen LogP contribution in [-0.2, 0) is 0 Å². The van der Waals surface area contributed by atoms with E-state index in [1.807, 2.05) is 18.2 Å². The molecule has 8 aromatic carbocycles. The van der Waals surface area contributed by atoms with Gasteiger partial charge in [-0.25, -0.2) is 0 Å². The van der Waals surface area contributed by atoms with E-state index in [1.54, 1.807) is 0 Å². The van der Waals surface area contributed by atoms with E-state index in [-0.39, 0.29) is 0 Å². The van der Waals surface area contributed by atoms with Gasteiger partial charge in [-0.05, 0) is 71.8 Å². The van der Waals surface area contributed by atoms with E-state index in [0.717, 1.165) is 71.8 Å². The van der Waals surface area contributed by atoms with Gasteiger partial charge in [-0.3, -0.25) is 0 Å². The van der Waals surface area contributed by atoms with Crippen molar-refractivity contribution in [3.63, 3.8) is 0 Å². The lowest BCUT2D eigenvalue weighted by Crippen LogP contribution is -1.95. The van der Waals surface area contributed by atoms with E-state index in [4.69, 9.17) is 8.83 Å². The Kier molecular flexibility index (Phi) is 5.47. The molecule has 4 nitrogen and oxygen atoms in total. The fraction of sp³-hybridized carbons (Fsp3) is 0. The fourth-order valence-electron chi connectivity index (χ4n) is 8.80. The lowest BCUT2D eigenvalue weighted by molar-refractivity contribution is 0.668. The number of para-hydroxylation sites is 4. The molecule has 0 aliphatic heterocycles. The van der Waals surface area contributed by atoms with Crippen molar-refractivity contribution in [1.82, 2.24) is 9.13 Å². The van der Waals surface area contributed by atoms with E-state index in [1.165, 1.54) is 38.2 Å². The molecule has 0 N–H and O–H groups in total. The predicted octanol–water partition coefficient (Wildman–Crippen LogP) is 13.3. The molecule has 4 heterocycles. The first kappa shape index (κ1) is 27.7. The molecule has 242 valence electrons. The molecule has 12 aromatic rings. The largest absolute Gasteiger partial charge is 0.456 e. The van der Waals surface area contributed by atoms with E-state index in [2.05, 4.69) is 161 Å². The van der Waals surface area contributed by atoms with E-state index in [0.29, 0.717) is 0 Å². The Bertz CT molecular complexity index is 3420. The van der Waals surface area contributed by atoms with Crippen molar-refractivity contribution in [2.75, 3.05) is 0 Å². The van der Waals surface area contributed by atoms with Crippen molar-refractivity contribution in [2.24, 2.45) is 0 Å². The molecule has 0 bridgehead atoms. The van der Waals surface area contributed by atoms with Gasteiger partial charge in [0.15, 0.2) is 0 Å². The summed E-state index contributed by atoms with van der Waals surface area (Å²) in [6.07, 6.45) is 0. The summed E-state index contributed by atoms with van der Waals surface area (Å²) >= 11 is 0. The zero-order chi connectivity index (χ0) is 33.9. The Balaban J connectivity index is 1.16. The van der Waals surface area contributed by atoms with Crippen LogP contribution in [0.2, 0.25) is 0 Å². The van der Waals surface area contributed by atoms with Crippen molar-refractivity contribution < 1.29 is 8.83 Å². The quantitative estimate of drug-likeness (QED) is 0.188. The van der Waals surface area contributed by atoms with Gasteiger partial charge in [0.05, 0.1) is 44.2 Å². The van der Waals surface area contributed by atoms with E-state index in [9.17, 15) is 0 Å². The zero-order valence-electron chi connectivity index (χ0n) is 27.9. The molecule has 0 aliphatic carbocycles. The first-order valence-electron chi connectivity index (χ1n) is 17.7. The highest BCUT2D eigenvalue weighted by atomic mass is 16.3. The summed E-state index contributed by atoms with van der Waals surface area (Å²) in [6.45, 7) is 0. The number of benzene rings is 8. The maximum absolute atomic E-state index is 6.36. The molecule has 12 rings (SSSR count). The average Bonchev–Trinajstić information content (AvgIpc) is 3.95. The summed E-state index contributed by atoms with van der Waals surface area (Å²) in [6, 6.07) is 60.6. The van der Waals surface area contributed by atoms with Crippen LogP contribution in [0.15, 0.2) is 179 Å². The lowest BCUT2D eigenvalue weighted by atomic mass is 9.98. The average molecular weight is 665 g/mol. The summed E-state index contributed by atoms with van der Waals surface area (Å²) in [5.41, 5.74) is 12.8. The second-order valence-electron chi connectivity index (χ2n) is 13.6. The van der Waals surface area contributed by atoms with E-state index >= 15 is 0 Å². The van der Waals surface area contributed by atoms with Crippen molar-refractivity contribution in [1.29, 1.82) is 0 Å². The van der Waals surface area contributed by atoms with Gasteiger partial charge in [0.2, 0.25) is 0 Å². The molecule has 0 fully saturated rings. The minimum absolute atomic E-state index is 0.888. The Labute approximate surface area is 296 Å². The maximum atomic E-state index is 6.36. The summed E-state index contributed by atoms with van der Waals surface area (Å²) < 4.78 is 17.5. The molecule has 0 atom stereocenters. The normalized spacial score (nSPS) is 12.2. The van der Waals surface area contributed by atoms with Gasteiger partial charge in [-0.15, -0.1) is 0 Å². The van der Waals surface area contributed by atoms with Crippen molar-refractivity contribution >= 4 is 87.5 Å². The SMILES string of the molecule is c1ccc2c(c1)oc1cccc(-n3c4ccccc4c4ccc(-c5cccc6c5c5ccccc5n6-c5cccc6oc7ccccc7c56)cc43)c12. The molecule has 0 saturated heterocycles. The van der Waals surface area contributed by atoms with Crippen LogP contribution in [0.4, 0.5) is 0 Å². The summed E-state index contributed by atoms with van der Waals surface area (Å²) in [5.74, 6) is 0. The summed E-state index contributed by atoms with van der Waals surface area (Å²) in [4.78, 5) is 0. The smallest absolute Gasteiger partial charge is 0.137 e. The van der Waals surface area contributed by atoms with Gasteiger partial charge < -0.3 is 18.0 Å². The second kappa shape index (κ2) is 10.3. The number of fused-ring (bicyclic) bond motifs is 12. The highest BCUT2D eigenvalue weighted by molar-refractivity contribution is 6.19. The third kappa shape index (κ3) is 3.65. The van der Waals surface area contributed by atoms with Crippen LogP contribution in [0.1, 0.15) is 0 Å². The first-order chi connectivity index (χ1) is 25.8. The number of hydrogen-bond donors (Lipinski definition) is 0. The summed E-state index contributed by atoms with van der Waals surface area (Å²) in [7, 11) is 0. The topological polar surface area (TPSA) is 36.1 Å². The molecule has 4 heteroatoms. The van der Waals surface area contributed by atoms with Crippen LogP contribution in [0.5, 0.6) is 0 Å². The van der Waals surface area contributed by atoms with Crippen molar-refractivity contribution in [3.05, 3.63) is 170 Å². The first-order valence-corrected chi connectivity index (χ1v) is 17.7. The van der Waals surface area contributed by atoms with Crippen LogP contribution in [-0.4, -0.2) is 9.13 Å². The van der Waals surface area contributed by atoms with Gasteiger partial charge in [0.25, 0.3) is 0 Å². The van der Waals surface area contributed by atoms with Gasteiger partial charge in [-0.2, -0.15) is 0 Å². The molecule has 0 amide bonds. The van der Waals surface area contributed by atoms with Gasteiger partial charge in [0.1, 0.15) is 22.3 Å². The molecule has 0 unspecified atom stereocenters. The number of rotatable bonds is 3. The number of aromatic nitrogens is 2. The molecule has 0 spiro atoms. The maximum Gasteiger partial charge on any atom is 0.137 e. The van der Waals surface area contributed by atoms with Crippen LogP contribution in [0.3, 0.4) is 0 Å². The number of hydrogen-bond acceptors (Lipinski definition) is 2. The highest BCUT2D eigenvalue weighted by Gasteiger charge is 2.22. The van der Waals surface area contributed by atoms with Crippen LogP contribution < -0.4 is 0 Å². The van der Waals surface area contributed by atoms with Gasteiger partial charge in [-0.1, -0.05) is 109 Å². The van der Waals surface area contributed by atoms with Crippen LogP contribution in [0, 0.1) is 0 Å². The summed E-state index contributed by atoms with van der Waals surface area (Å²) in [5, 5.41) is 9.37. The Morgan fingerprint density at radius 1 is 0.308 bits per heavy atom. The predicted molar refractivity (Wildman–Crippen MR) is 215 cm³/mol. The zero-order valence-corrected chi connectivity index (χ0v) is 27.9. The molecule has 4 aromatic heterocycles.